The predicted molar refractivity (Wildman–Crippen MR) is 136 cm³/mol. The average molecular weight is 480 g/mol. The van der Waals surface area contributed by atoms with Crippen molar-refractivity contribution in [2.75, 3.05) is 19.5 Å². The second-order valence-corrected chi connectivity index (χ2v) is 9.70. The molecule has 4 aromatic rings. The van der Waals surface area contributed by atoms with E-state index >= 15 is 0 Å². The van der Waals surface area contributed by atoms with Crippen molar-refractivity contribution in [2.45, 2.75) is 25.0 Å². The number of hydrogen-bond donors (Lipinski definition) is 1. The number of methoxy groups -OCH3 is 1. The summed E-state index contributed by atoms with van der Waals surface area (Å²) in [5.74, 6) is 0.0146. The number of benzene rings is 2. The number of carbonyl (C=O) groups excluding carboxylic acids is 1. The Morgan fingerprint density at radius 2 is 1.91 bits per heavy atom. The van der Waals surface area contributed by atoms with E-state index in [2.05, 4.69) is 5.32 Å². The minimum absolute atomic E-state index is 0.0946. The lowest BCUT2D eigenvalue weighted by atomic mass is 10.2. The summed E-state index contributed by atoms with van der Waals surface area (Å²) in [5.41, 5.74) is 2.63. The third kappa shape index (κ3) is 5.19. The van der Waals surface area contributed by atoms with Crippen molar-refractivity contribution in [3.63, 3.8) is 0 Å². The number of carbonyl (C=O) groups is 1. The molecule has 1 N–H and O–H groups in total. The number of hydrogen-bond acceptors (Lipinski definition) is 6. The molecule has 170 valence electrons. The van der Waals surface area contributed by atoms with E-state index in [4.69, 9.17) is 9.72 Å². The molecule has 0 spiro atoms. The summed E-state index contributed by atoms with van der Waals surface area (Å²) in [6.07, 6.45) is 0. The molecule has 2 heterocycles. The molecule has 0 saturated carbocycles. The Hall–Kier alpha value is -2.94. The highest BCUT2D eigenvalue weighted by Crippen LogP contribution is 2.33. The van der Waals surface area contributed by atoms with E-state index in [1.165, 1.54) is 23.1 Å². The van der Waals surface area contributed by atoms with Crippen LogP contribution in [0.4, 0.5) is 0 Å². The van der Waals surface area contributed by atoms with Crippen LogP contribution in [0.2, 0.25) is 0 Å². The molecule has 4 rings (SSSR count). The number of nitrogens with one attached hydrogen (secondary N) is 1. The first-order valence-electron chi connectivity index (χ1n) is 10.6. The molecule has 0 aliphatic heterocycles. The number of aryl methyl sites for hydroxylation is 1. The Morgan fingerprint density at radius 1 is 1.18 bits per heavy atom. The summed E-state index contributed by atoms with van der Waals surface area (Å²) in [5, 5.41) is 3.97. The van der Waals surface area contributed by atoms with Gasteiger partial charge >= 0.3 is 0 Å². The molecular formula is C25H25N3O3S2. The molecule has 0 radical (unpaired) electrons. The van der Waals surface area contributed by atoms with Gasteiger partial charge in [0.05, 0.1) is 23.4 Å². The van der Waals surface area contributed by atoms with E-state index in [1.807, 2.05) is 74.5 Å². The number of rotatable bonds is 8. The summed E-state index contributed by atoms with van der Waals surface area (Å²) in [6.45, 7) is 4.28. The average Bonchev–Trinajstić information content (AvgIpc) is 3.24. The quantitative estimate of drug-likeness (QED) is 0.294. The third-order valence-electron chi connectivity index (χ3n) is 5.11. The van der Waals surface area contributed by atoms with Crippen LogP contribution in [0.5, 0.6) is 0 Å². The molecule has 0 fully saturated rings. The first kappa shape index (κ1) is 23.2. The lowest BCUT2D eigenvalue weighted by molar-refractivity contribution is -0.119. The van der Waals surface area contributed by atoms with E-state index in [-0.39, 0.29) is 23.3 Å². The fraction of sp³-hybridized carbons (Fsp3) is 0.240. The van der Waals surface area contributed by atoms with Crippen LogP contribution in [-0.2, 0) is 9.53 Å². The topological polar surface area (TPSA) is 73.2 Å². The van der Waals surface area contributed by atoms with Crippen LogP contribution >= 0.6 is 23.1 Å². The molecule has 0 aliphatic carbocycles. The van der Waals surface area contributed by atoms with E-state index < -0.39 is 0 Å². The van der Waals surface area contributed by atoms with Crippen LogP contribution in [0.3, 0.4) is 0 Å². The fourth-order valence-corrected chi connectivity index (χ4v) is 5.46. The minimum Gasteiger partial charge on any atom is -0.383 e. The number of para-hydroxylation sites is 1. The van der Waals surface area contributed by atoms with Gasteiger partial charge in [-0.3, -0.25) is 14.2 Å². The van der Waals surface area contributed by atoms with Gasteiger partial charge in [0.2, 0.25) is 5.91 Å². The number of amides is 1. The highest BCUT2D eigenvalue weighted by molar-refractivity contribution is 7.99. The molecule has 6 nitrogen and oxygen atoms in total. The van der Waals surface area contributed by atoms with Gasteiger partial charge in [0.25, 0.3) is 5.56 Å². The molecular weight excluding hydrogens is 454 g/mol. The maximum absolute atomic E-state index is 13.7. The Kier molecular flexibility index (Phi) is 7.27. The molecule has 1 unspecified atom stereocenters. The van der Waals surface area contributed by atoms with Gasteiger partial charge in [0, 0.05) is 18.0 Å². The Balaban J connectivity index is 1.76. The van der Waals surface area contributed by atoms with Crippen molar-refractivity contribution in [1.82, 2.24) is 14.9 Å². The van der Waals surface area contributed by atoms with Crippen molar-refractivity contribution in [2.24, 2.45) is 0 Å². The van der Waals surface area contributed by atoms with Gasteiger partial charge in [0.1, 0.15) is 4.83 Å². The molecule has 1 atom stereocenters. The number of ether oxygens (including phenoxy) is 1. The fourth-order valence-electron chi connectivity index (χ4n) is 3.57. The second-order valence-electron chi connectivity index (χ2n) is 7.73. The highest BCUT2D eigenvalue weighted by atomic mass is 32.2. The lowest BCUT2D eigenvalue weighted by Gasteiger charge is -2.15. The van der Waals surface area contributed by atoms with Gasteiger partial charge in [-0.05, 0) is 37.1 Å². The van der Waals surface area contributed by atoms with E-state index in [1.54, 1.807) is 11.7 Å². The normalized spacial score (nSPS) is 12.1. The van der Waals surface area contributed by atoms with Crippen LogP contribution < -0.4 is 10.9 Å². The van der Waals surface area contributed by atoms with Crippen molar-refractivity contribution < 1.29 is 9.53 Å². The van der Waals surface area contributed by atoms with Crippen LogP contribution in [-0.4, -0.2) is 41.0 Å². The Bertz CT molecular complexity index is 1330. The van der Waals surface area contributed by atoms with Crippen molar-refractivity contribution in [3.8, 4) is 16.1 Å². The summed E-state index contributed by atoms with van der Waals surface area (Å²) in [4.78, 5) is 32.6. The second kappa shape index (κ2) is 10.3. The minimum atomic E-state index is -0.136. The number of nitrogens with zero attached hydrogens (tertiary/aromatic N) is 2. The van der Waals surface area contributed by atoms with E-state index in [0.29, 0.717) is 22.0 Å². The molecule has 2 aromatic heterocycles. The van der Waals surface area contributed by atoms with Gasteiger partial charge < -0.3 is 10.1 Å². The zero-order chi connectivity index (χ0) is 23.4. The van der Waals surface area contributed by atoms with Gasteiger partial charge in [0.15, 0.2) is 5.16 Å². The van der Waals surface area contributed by atoms with Gasteiger partial charge in [-0.1, -0.05) is 60.3 Å². The predicted octanol–water partition coefficient (Wildman–Crippen LogP) is 4.67. The van der Waals surface area contributed by atoms with Crippen molar-refractivity contribution >= 4 is 39.2 Å². The van der Waals surface area contributed by atoms with Crippen molar-refractivity contribution in [1.29, 1.82) is 0 Å². The first-order valence-corrected chi connectivity index (χ1v) is 12.4. The summed E-state index contributed by atoms with van der Waals surface area (Å²) in [6, 6.07) is 19.5. The van der Waals surface area contributed by atoms with Crippen LogP contribution in [0.15, 0.2) is 70.6 Å². The molecule has 33 heavy (non-hydrogen) atoms. The van der Waals surface area contributed by atoms with Gasteiger partial charge in [-0.15, -0.1) is 11.3 Å². The number of fused-ring (bicyclic) bond motifs is 1. The number of thioether (sulfide) groups is 1. The Morgan fingerprint density at radius 3 is 2.64 bits per heavy atom. The van der Waals surface area contributed by atoms with E-state index in [9.17, 15) is 9.59 Å². The van der Waals surface area contributed by atoms with Gasteiger partial charge in [-0.25, -0.2) is 4.98 Å². The summed E-state index contributed by atoms with van der Waals surface area (Å²) < 4.78 is 6.70. The van der Waals surface area contributed by atoms with E-state index in [0.717, 1.165) is 21.7 Å². The lowest BCUT2D eigenvalue weighted by Crippen LogP contribution is -2.36. The van der Waals surface area contributed by atoms with Crippen LogP contribution in [0.1, 0.15) is 12.5 Å². The monoisotopic (exact) mass is 479 g/mol. The third-order valence-corrected chi connectivity index (χ3v) is 7.12. The zero-order valence-electron chi connectivity index (χ0n) is 18.7. The number of thiophene rings is 1. The SMILES string of the molecule is COCC(C)NC(=O)CSc1nc2sc(-c3ccccc3)cc2c(=O)n1-c1ccccc1C. The first-order chi connectivity index (χ1) is 16.0. The largest absolute Gasteiger partial charge is 0.383 e. The Labute approximate surface area is 200 Å². The van der Waals surface area contributed by atoms with Crippen LogP contribution in [0, 0.1) is 6.92 Å². The molecule has 1 amide bonds. The van der Waals surface area contributed by atoms with Crippen molar-refractivity contribution in [3.05, 3.63) is 76.6 Å². The molecule has 8 heteroatoms. The molecule has 2 aromatic carbocycles. The van der Waals surface area contributed by atoms with Gasteiger partial charge in [-0.2, -0.15) is 0 Å². The zero-order valence-corrected chi connectivity index (χ0v) is 20.3. The standard InChI is InChI=1S/C25H25N3O3S2/c1-16-9-7-8-12-20(16)28-24(30)19-13-21(18-10-5-4-6-11-18)33-23(19)27-25(28)32-15-22(29)26-17(2)14-31-3/h4-13,17H,14-15H2,1-3H3,(H,26,29). The summed E-state index contributed by atoms with van der Waals surface area (Å²) >= 11 is 2.74. The summed E-state index contributed by atoms with van der Waals surface area (Å²) in [7, 11) is 1.60. The molecule has 0 bridgehead atoms. The smallest absolute Gasteiger partial charge is 0.267 e. The number of aromatic nitrogens is 2. The molecule has 0 aliphatic rings. The maximum atomic E-state index is 13.7. The molecule has 0 saturated heterocycles. The highest BCUT2D eigenvalue weighted by Gasteiger charge is 2.19. The maximum Gasteiger partial charge on any atom is 0.267 e. The van der Waals surface area contributed by atoms with Crippen LogP contribution in [0.25, 0.3) is 26.3 Å².